The standard InChI is InChI=1S/C16H15N3O3S/c1-16(22,13-7-4-8-23-13)10-18-14(20)15(21)19-12-6-3-2-5-11(12)9-17/h2-8,22H,10H2,1H3,(H,18,20)(H,19,21). The maximum atomic E-state index is 11.9. The normalized spacial score (nSPS) is 12.7. The molecular formula is C16H15N3O3S. The van der Waals surface area contributed by atoms with Gasteiger partial charge in [-0.25, -0.2) is 0 Å². The molecule has 2 amide bonds. The van der Waals surface area contributed by atoms with Crippen LogP contribution in [0.4, 0.5) is 5.69 Å². The number of aliphatic hydroxyl groups is 1. The van der Waals surface area contributed by atoms with Gasteiger partial charge in [0.1, 0.15) is 11.7 Å². The van der Waals surface area contributed by atoms with Gasteiger partial charge < -0.3 is 15.7 Å². The molecule has 0 spiro atoms. The van der Waals surface area contributed by atoms with Crippen LogP contribution < -0.4 is 10.6 Å². The molecule has 1 heterocycles. The predicted octanol–water partition coefficient (Wildman–Crippen LogP) is 1.58. The fraction of sp³-hybridized carbons (Fsp3) is 0.188. The van der Waals surface area contributed by atoms with Crippen molar-refractivity contribution < 1.29 is 14.7 Å². The number of hydrogen-bond donors (Lipinski definition) is 3. The molecule has 0 saturated heterocycles. The Morgan fingerprint density at radius 2 is 2.00 bits per heavy atom. The fourth-order valence-corrected chi connectivity index (χ4v) is 2.66. The van der Waals surface area contributed by atoms with Gasteiger partial charge in [-0.05, 0) is 30.5 Å². The zero-order valence-corrected chi connectivity index (χ0v) is 13.2. The molecule has 23 heavy (non-hydrogen) atoms. The first-order valence-electron chi connectivity index (χ1n) is 6.79. The molecular weight excluding hydrogens is 314 g/mol. The Bertz CT molecular complexity index is 748. The van der Waals surface area contributed by atoms with Crippen LogP contribution in [0.5, 0.6) is 0 Å². The predicted molar refractivity (Wildman–Crippen MR) is 86.7 cm³/mol. The van der Waals surface area contributed by atoms with Crippen LogP contribution in [0, 0.1) is 11.3 Å². The van der Waals surface area contributed by atoms with Crippen molar-refractivity contribution >= 4 is 28.8 Å². The van der Waals surface area contributed by atoms with Gasteiger partial charge in [-0.1, -0.05) is 18.2 Å². The maximum Gasteiger partial charge on any atom is 0.313 e. The third kappa shape index (κ3) is 4.16. The molecule has 0 aliphatic rings. The van der Waals surface area contributed by atoms with E-state index < -0.39 is 17.4 Å². The second kappa shape index (κ2) is 7.05. The minimum absolute atomic E-state index is 0.0976. The van der Waals surface area contributed by atoms with Crippen molar-refractivity contribution in [1.29, 1.82) is 5.26 Å². The largest absolute Gasteiger partial charge is 0.383 e. The van der Waals surface area contributed by atoms with Crippen LogP contribution in [-0.4, -0.2) is 23.5 Å². The molecule has 3 N–H and O–H groups in total. The van der Waals surface area contributed by atoms with Crippen LogP contribution in [0.25, 0.3) is 0 Å². The van der Waals surface area contributed by atoms with Crippen LogP contribution in [-0.2, 0) is 15.2 Å². The molecule has 1 aromatic heterocycles. The average Bonchev–Trinajstić information content (AvgIpc) is 3.08. The van der Waals surface area contributed by atoms with Crippen molar-refractivity contribution in [2.75, 3.05) is 11.9 Å². The van der Waals surface area contributed by atoms with Crippen LogP contribution in [0.3, 0.4) is 0 Å². The zero-order valence-electron chi connectivity index (χ0n) is 12.4. The van der Waals surface area contributed by atoms with Gasteiger partial charge in [-0.15, -0.1) is 11.3 Å². The van der Waals surface area contributed by atoms with E-state index in [2.05, 4.69) is 10.6 Å². The van der Waals surface area contributed by atoms with E-state index in [0.29, 0.717) is 4.88 Å². The number of anilines is 1. The van der Waals surface area contributed by atoms with Gasteiger partial charge in [0, 0.05) is 4.88 Å². The van der Waals surface area contributed by atoms with E-state index in [9.17, 15) is 14.7 Å². The molecule has 0 fully saturated rings. The molecule has 0 bridgehead atoms. The number of nitriles is 1. The van der Waals surface area contributed by atoms with Gasteiger partial charge >= 0.3 is 11.8 Å². The number of carbonyl (C=O) groups is 2. The molecule has 2 rings (SSSR count). The van der Waals surface area contributed by atoms with Gasteiger partial charge in [-0.2, -0.15) is 5.26 Å². The molecule has 0 saturated carbocycles. The average molecular weight is 329 g/mol. The highest BCUT2D eigenvalue weighted by Crippen LogP contribution is 2.24. The maximum absolute atomic E-state index is 11.9. The topological polar surface area (TPSA) is 102 Å². The van der Waals surface area contributed by atoms with E-state index in [1.165, 1.54) is 23.5 Å². The highest BCUT2D eigenvalue weighted by molar-refractivity contribution is 7.10. The second-order valence-corrected chi connectivity index (χ2v) is 5.99. The summed E-state index contributed by atoms with van der Waals surface area (Å²) in [6.45, 7) is 1.46. The lowest BCUT2D eigenvalue weighted by Crippen LogP contribution is -2.43. The molecule has 1 atom stereocenters. The number of para-hydroxylation sites is 1. The highest BCUT2D eigenvalue weighted by Gasteiger charge is 2.26. The highest BCUT2D eigenvalue weighted by atomic mass is 32.1. The van der Waals surface area contributed by atoms with E-state index >= 15 is 0 Å². The second-order valence-electron chi connectivity index (χ2n) is 5.05. The van der Waals surface area contributed by atoms with Crippen molar-refractivity contribution in [3.05, 3.63) is 52.2 Å². The van der Waals surface area contributed by atoms with Crippen molar-refractivity contribution in [1.82, 2.24) is 5.32 Å². The minimum atomic E-state index is -1.26. The monoisotopic (exact) mass is 329 g/mol. The first-order valence-corrected chi connectivity index (χ1v) is 7.66. The summed E-state index contributed by atoms with van der Waals surface area (Å²) in [4.78, 5) is 24.4. The Hall–Kier alpha value is -2.69. The van der Waals surface area contributed by atoms with Crippen LogP contribution >= 0.6 is 11.3 Å². The molecule has 0 aliphatic heterocycles. The van der Waals surface area contributed by atoms with Crippen molar-refractivity contribution in [3.63, 3.8) is 0 Å². The number of rotatable bonds is 4. The van der Waals surface area contributed by atoms with Crippen molar-refractivity contribution in [3.8, 4) is 6.07 Å². The summed E-state index contributed by atoms with van der Waals surface area (Å²) in [7, 11) is 0. The van der Waals surface area contributed by atoms with E-state index in [-0.39, 0.29) is 17.8 Å². The SMILES string of the molecule is CC(O)(CNC(=O)C(=O)Nc1ccccc1C#N)c1cccs1. The van der Waals surface area contributed by atoms with E-state index in [0.717, 1.165) is 0 Å². The van der Waals surface area contributed by atoms with E-state index in [1.807, 2.05) is 11.4 Å². The van der Waals surface area contributed by atoms with Crippen molar-refractivity contribution in [2.45, 2.75) is 12.5 Å². The molecule has 1 aromatic carbocycles. The molecule has 2 aromatic rings. The first-order chi connectivity index (χ1) is 10.9. The number of nitrogens with one attached hydrogen (secondary N) is 2. The fourth-order valence-electron chi connectivity index (χ4n) is 1.87. The van der Waals surface area contributed by atoms with Gasteiger partial charge in [0.25, 0.3) is 0 Å². The Morgan fingerprint density at radius 3 is 2.65 bits per heavy atom. The summed E-state index contributed by atoms with van der Waals surface area (Å²) in [5, 5.41) is 25.8. The summed E-state index contributed by atoms with van der Waals surface area (Å²) in [6.07, 6.45) is 0. The zero-order chi connectivity index (χ0) is 16.9. The third-order valence-corrected chi connectivity index (χ3v) is 4.27. The minimum Gasteiger partial charge on any atom is -0.383 e. The summed E-state index contributed by atoms with van der Waals surface area (Å²) in [5.74, 6) is -1.77. The molecule has 0 aliphatic carbocycles. The summed E-state index contributed by atoms with van der Waals surface area (Å²) >= 11 is 1.36. The number of carbonyl (C=O) groups excluding carboxylic acids is 2. The van der Waals surface area contributed by atoms with Gasteiger partial charge in [0.05, 0.1) is 17.8 Å². The Balaban J connectivity index is 1.96. The summed E-state index contributed by atoms with van der Waals surface area (Å²) in [6, 6.07) is 11.9. The van der Waals surface area contributed by atoms with E-state index in [4.69, 9.17) is 5.26 Å². The molecule has 118 valence electrons. The quantitative estimate of drug-likeness (QED) is 0.741. The number of nitrogens with zero attached hydrogens (tertiary/aromatic N) is 1. The van der Waals surface area contributed by atoms with Gasteiger partial charge in [-0.3, -0.25) is 9.59 Å². The lowest BCUT2D eigenvalue weighted by molar-refractivity contribution is -0.136. The number of hydrogen-bond acceptors (Lipinski definition) is 5. The Labute approximate surface area is 137 Å². The van der Waals surface area contributed by atoms with Crippen LogP contribution in [0.15, 0.2) is 41.8 Å². The van der Waals surface area contributed by atoms with Gasteiger partial charge in [0.2, 0.25) is 0 Å². The number of amides is 2. The van der Waals surface area contributed by atoms with Gasteiger partial charge in [0.15, 0.2) is 0 Å². The molecule has 0 radical (unpaired) electrons. The molecule has 7 heteroatoms. The molecule has 1 unspecified atom stereocenters. The Morgan fingerprint density at radius 1 is 1.26 bits per heavy atom. The van der Waals surface area contributed by atoms with Crippen LogP contribution in [0.2, 0.25) is 0 Å². The lowest BCUT2D eigenvalue weighted by atomic mass is 10.1. The first kappa shape index (κ1) is 16.7. The lowest BCUT2D eigenvalue weighted by Gasteiger charge is -2.22. The summed E-state index contributed by atoms with van der Waals surface area (Å²) in [5.41, 5.74) is -0.728. The third-order valence-electron chi connectivity index (χ3n) is 3.15. The van der Waals surface area contributed by atoms with Crippen LogP contribution in [0.1, 0.15) is 17.4 Å². The summed E-state index contributed by atoms with van der Waals surface area (Å²) < 4.78 is 0. The number of benzene rings is 1. The molecule has 6 nitrogen and oxygen atoms in total. The smallest absolute Gasteiger partial charge is 0.313 e. The Kier molecular flexibility index (Phi) is 5.11. The number of thiophene rings is 1. The van der Waals surface area contributed by atoms with Crippen molar-refractivity contribution in [2.24, 2.45) is 0 Å². The van der Waals surface area contributed by atoms with E-state index in [1.54, 1.807) is 31.2 Å².